The molecule has 0 unspecified atom stereocenters. The number of alkyl halides is 3. The number of benzene rings is 1. The summed E-state index contributed by atoms with van der Waals surface area (Å²) in [5.41, 5.74) is -0.112. The maximum absolute atomic E-state index is 14.6. The number of nitrogens with zero attached hydrogens (tertiary/aromatic N) is 5. The number of rotatable bonds is 8. The molecule has 0 spiro atoms. The van der Waals surface area contributed by atoms with Gasteiger partial charge in [0.2, 0.25) is 0 Å². The second kappa shape index (κ2) is 11.6. The van der Waals surface area contributed by atoms with E-state index in [1.54, 1.807) is 46.9 Å². The van der Waals surface area contributed by atoms with E-state index in [1.807, 2.05) is 18.2 Å². The second-order valence-corrected chi connectivity index (χ2v) is 12.0. The van der Waals surface area contributed by atoms with Crippen molar-refractivity contribution >= 4 is 22.6 Å². The normalized spacial score (nSPS) is 18.7. The van der Waals surface area contributed by atoms with Gasteiger partial charge in [-0.2, -0.15) is 13.2 Å². The minimum Gasteiger partial charge on any atom is -0.491 e. The Balaban J connectivity index is 1.44. The SMILES string of the molecule is COCCOc1ccc2ccc(-c3nnc4ccc([C@H](N5CC[C@](C)(NC(=O)OC(C)(C)C)C5)C(F)(F)F)cn34)nc2c1. The van der Waals surface area contributed by atoms with Crippen LogP contribution in [0.5, 0.6) is 5.75 Å². The van der Waals surface area contributed by atoms with Crippen molar-refractivity contribution in [3.8, 4) is 17.3 Å². The smallest absolute Gasteiger partial charge is 0.408 e. The Morgan fingerprint density at radius 2 is 1.86 bits per heavy atom. The summed E-state index contributed by atoms with van der Waals surface area (Å²) >= 11 is 0. The third-order valence-electron chi connectivity index (χ3n) is 7.17. The Labute approximate surface area is 247 Å². The van der Waals surface area contributed by atoms with Gasteiger partial charge in [0.25, 0.3) is 0 Å². The van der Waals surface area contributed by atoms with Gasteiger partial charge in [0.1, 0.15) is 29.7 Å². The van der Waals surface area contributed by atoms with Crippen LogP contribution in [0.25, 0.3) is 28.1 Å². The van der Waals surface area contributed by atoms with Crippen molar-refractivity contribution in [3.63, 3.8) is 0 Å². The molecule has 0 aliphatic carbocycles. The molecule has 4 aromatic rings. The number of hydrogen-bond acceptors (Lipinski definition) is 8. The number of hydrogen-bond donors (Lipinski definition) is 1. The van der Waals surface area contributed by atoms with Crippen LogP contribution in [0.1, 0.15) is 45.7 Å². The predicted octanol–water partition coefficient (Wildman–Crippen LogP) is 5.56. The highest BCUT2D eigenvalue weighted by molar-refractivity contribution is 5.82. The lowest BCUT2D eigenvalue weighted by atomic mass is 10.0. The van der Waals surface area contributed by atoms with E-state index in [0.29, 0.717) is 48.1 Å². The Morgan fingerprint density at radius 3 is 2.58 bits per heavy atom. The Hall–Kier alpha value is -3.97. The van der Waals surface area contributed by atoms with Gasteiger partial charge in [-0.25, -0.2) is 9.78 Å². The minimum atomic E-state index is -4.58. The first kappa shape index (κ1) is 30.5. The van der Waals surface area contributed by atoms with Crippen molar-refractivity contribution in [1.29, 1.82) is 0 Å². The summed E-state index contributed by atoms with van der Waals surface area (Å²) in [4.78, 5) is 18.4. The van der Waals surface area contributed by atoms with Crippen LogP contribution in [0.3, 0.4) is 0 Å². The van der Waals surface area contributed by atoms with Gasteiger partial charge in [0.15, 0.2) is 11.5 Å². The average molecular weight is 601 g/mol. The number of amides is 1. The highest BCUT2D eigenvalue weighted by Gasteiger charge is 2.49. The highest BCUT2D eigenvalue weighted by atomic mass is 19.4. The third kappa shape index (κ3) is 6.99. The van der Waals surface area contributed by atoms with Crippen molar-refractivity contribution in [2.45, 2.75) is 57.5 Å². The molecule has 1 amide bonds. The van der Waals surface area contributed by atoms with E-state index >= 15 is 0 Å². The zero-order valence-electron chi connectivity index (χ0n) is 24.7. The van der Waals surface area contributed by atoms with E-state index in [4.69, 9.17) is 19.2 Å². The molecule has 1 aromatic carbocycles. The lowest BCUT2D eigenvalue weighted by Gasteiger charge is -2.32. The average Bonchev–Trinajstić information content (AvgIpc) is 3.49. The van der Waals surface area contributed by atoms with Gasteiger partial charge in [-0.1, -0.05) is 12.1 Å². The first-order valence-corrected chi connectivity index (χ1v) is 13.9. The van der Waals surface area contributed by atoms with Crippen molar-refractivity contribution in [2.75, 3.05) is 33.4 Å². The van der Waals surface area contributed by atoms with Gasteiger partial charge < -0.3 is 19.5 Å². The summed E-state index contributed by atoms with van der Waals surface area (Å²) in [6, 6.07) is 10.1. The molecule has 5 rings (SSSR count). The molecule has 10 nitrogen and oxygen atoms in total. The molecule has 1 fully saturated rings. The highest BCUT2D eigenvalue weighted by Crippen LogP contribution is 2.41. The Morgan fingerprint density at radius 1 is 1.09 bits per heavy atom. The van der Waals surface area contributed by atoms with E-state index < -0.39 is 29.5 Å². The van der Waals surface area contributed by atoms with Crippen LogP contribution in [0.4, 0.5) is 18.0 Å². The molecule has 4 heterocycles. The van der Waals surface area contributed by atoms with Crippen LogP contribution in [0.15, 0.2) is 48.7 Å². The zero-order valence-corrected chi connectivity index (χ0v) is 24.7. The molecule has 1 saturated heterocycles. The molecule has 0 saturated carbocycles. The number of halogens is 3. The van der Waals surface area contributed by atoms with E-state index in [-0.39, 0.29) is 18.7 Å². The molecular weight excluding hydrogens is 565 g/mol. The number of pyridine rings is 2. The molecule has 43 heavy (non-hydrogen) atoms. The van der Waals surface area contributed by atoms with Gasteiger partial charge in [-0.05, 0) is 63.9 Å². The number of nitrogens with one attached hydrogen (secondary N) is 1. The number of fused-ring (bicyclic) bond motifs is 2. The minimum absolute atomic E-state index is 0.00942. The molecule has 1 aliphatic heterocycles. The standard InChI is InChI=1S/C30H35F3N6O4/c1-28(2,3)43-27(40)35-29(4)12-13-38(18-29)25(30(31,32)33)20-8-11-24-36-37-26(39(24)17-20)22-10-7-19-6-9-21(16-23(19)34-22)42-15-14-41-5/h6-11,16-17,25H,12-15,18H2,1-5H3,(H,35,40)/t25-,29-/m0/s1. The van der Waals surface area contributed by atoms with Gasteiger partial charge in [-0.3, -0.25) is 9.30 Å². The summed E-state index contributed by atoms with van der Waals surface area (Å²) in [5, 5.41) is 12.0. The topological polar surface area (TPSA) is 103 Å². The van der Waals surface area contributed by atoms with Crippen molar-refractivity contribution in [2.24, 2.45) is 0 Å². The number of ether oxygens (including phenoxy) is 3. The summed E-state index contributed by atoms with van der Waals surface area (Å²) in [7, 11) is 1.59. The maximum Gasteiger partial charge on any atom is 0.408 e. The number of carbonyl (C=O) groups is 1. The number of likely N-dealkylation sites (tertiary alicyclic amines) is 1. The quantitative estimate of drug-likeness (QED) is 0.262. The first-order valence-electron chi connectivity index (χ1n) is 13.9. The van der Waals surface area contributed by atoms with E-state index in [0.717, 1.165) is 5.39 Å². The fourth-order valence-electron chi connectivity index (χ4n) is 5.27. The monoisotopic (exact) mass is 600 g/mol. The summed E-state index contributed by atoms with van der Waals surface area (Å²) in [6.45, 7) is 7.86. The number of methoxy groups -OCH3 is 1. The molecule has 3 aromatic heterocycles. The van der Waals surface area contributed by atoms with Crippen molar-refractivity contribution in [1.82, 2.24) is 29.8 Å². The molecule has 2 atom stereocenters. The van der Waals surface area contributed by atoms with E-state index in [1.165, 1.54) is 27.6 Å². The summed E-state index contributed by atoms with van der Waals surface area (Å²) < 4.78 is 61.5. The molecule has 0 bridgehead atoms. The molecule has 1 aliphatic rings. The molecule has 1 N–H and O–H groups in total. The van der Waals surface area contributed by atoms with Gasteiger partial charge in [0.05, 0.1) is 17.7 Å². The fourth-order valence-corrected chi connectivity index (χ4v) is 5.27. The van der Waals surface area contributed by atoms with Crippen LogP contribution < -0.4 is 10.1 Å². The summed E-state index contributed by atoms with van der Waals surface area (Å²) in [6.07, 6.45) is -3.50. The largest absolute Gasteiger partial charge is 0.491 e. The van der Waals surface area contributed by atoms with Crippen LogP contribution >= 0.6 is 0 Å². The number of carbonyl (C=O) groups excluding carboxylic acids is 1. The lowest BCUT2D eigenvalue weighted by Crippen LogP contribution is -2.50. The van der Waals surface area contributed by atoms with Crippen LogP contribution in [0, 0.1) is 0 Å². The molecule has 230 valence electrons. The predicted molar refractivity (Wildman–Crippen MR) is 154 cm³/mol. The van der Waals surface area contributed by atoms with E-state index in [2.05, 4.69) is 15.5 Å². The lowest BCUT2D eigenvalue weighted by molar-refractivity contribution is -0.184. The van der Waals surface area contributed by atoms with Crippen LogP contribution in [-0.2, 0) is 9.47 Å². The van der Waals surface area contributed by atoms with Crippen molar-refractivity contribution < 1.29 is 32.2 Å². The maximum atomic E-state index is 14.6. The van der Waals surface area contributed by atoms with Gasteiger partial charge >= 0.3 is 12.3 Å². The van der Waals surface area contributed by atoms with Gasteiger partial charge in [-0.15, -0.1) is 10.2 Å². The Bertz CT molecular complexity index is 1620. The van der Waals surface area contributed by atoms with Crippen molar-refractivity contribution in [3.05, 3.63) is 54.2 Å². The molecule has 0 radical (unpaired) electrons. The first-order chi connectivity index (χ1) is 20.2. The third-order valence-corrected chi connectivity index (χ3v) is 7.17. The van der Waals surface area contributed by atoms with E-state index in [9.17, 15) is 18.0 Å². The van der Waals surface area contributed by atoms with Crippen LogP contribution in [-0.4, -0.2) is 81.3 Å². The molecule has 13 heteroatoms. The molecular formula is C30H35F3N6O4. The fraction of sp³-hybridized carbons (Fsp3) is 0.467. The Kier molecular flexibility index (Phi) is 8.23. The second-order valence-electron chi connectivity index (χ2n) is 12.0. The number of alkyl carbamates (subject to hydrolysis) is 1. The zero-order chi connectivity index (χ0) is 31.0. The summed E-state index contributed by atoms with van der Waals surface area (Å²) in [5.74, 6) is 0.928. The number of aromatic nitrogens is 4. The van der Waals surface area contributed by atoms with Crippen LogP contribution in [0.2, 0.25) is 0 Å². The van der Waals surface area contributed by atoms with Gasteiger partial charge in [0, 0.05) is 37.8 Å².